The van der Waals surface area contributed by atoms with Crippen molar-refractivity contribution in [1.82, 2.24) is 0 Å². The second-order valence-corrected chi connectivity index (χ2v) is 13.7. The van der Waals surface area contributed by atoms with E-state index in [2.05, 4.69) is 199 Å². The Morgan fingerprint density at radius 3 is 1.07 bits per heavy atom. The van der Waals surface area contributed by atoms with Crippen molar-refractivity contribution in [1.29, 1.82) is 0 Å². The van der Waals surface area contributed by atoms with Crippen molar-refractivity contribution in [3.8, 4) is 23.7 Å². The fourth-order valence-electron chi connectivity index (χ4n) is 5.01. The average Bonchev–Trinajstić information content (AvgIpc) is 3.05. The molecular weight excluding hydrogens is 553 g/mol. The molecular formula is C46H42. The van der Waals surface area contributed by atoms with Crippen LogP contribution in [0.25, 0.3) is 24.3 Å². The molecule has 0 saturated heterocycles. The van der Waals surface area contributed by atoms with E-state index >= 15 is 0 Å². The van der Waals surface area contributed by atoms with Gasteiger partial charge in [0.1, 0.15) is 0 Å². The molecule has 226 valence electrons. The van der Waals surface area contributed by atoms with E-state index in [1.54, 1.807) is 0 Å². The Bertz CT molecular complexity index is 1800. The van der Waals surface area contributed by atoms with E-state index in [4.69, 9.17) is 0 Å². The molecule has 5 rings (SSSR count). The standard InChI is InChI=1S/C46H42/c1-45(2,3)43-29-21-37(22-30-43)19-27-41-33-40(26-18-36-15-11-8-12-16-36)42(34-39(41)25-17-35-13-9-7-10-14-35)28-20-38-23-31-44(32-24-38)46(4,5)6/h7-18,21-26,29-34H,1-6H3/b25-17+,26-18+. The lowest BCUT2D eigenvalue weighted by Crippen LogP contribution is -2.10. The summed E-state index contributed by atoms with van der Waals surface area (Å²) < 4.78 is 0. The van der Waals surface area contributed by atoms with Crippen LogP contribution in [0.3, 0.4) is 0 Å². The maximum absolute atomic E-state index is 3.50. The van der Waals surface area contributed by atoms with Crippen LogP contribution in [-0.2, 0) is 10.8 Å². The highest BCUT2D eigenvalue weighted by Crippen LogP contribution is 2.25. The second-order valence-electron chi connectivity index (χ2n) is 13.7. The summed E-state index contributed by atoms with van der Waals surface area (Å²) in [5.74, 6) is 13.9. The maximum atomic E-state index is 3.50. The lowest BCUT2D eigenvalue weighted by Gasteiger charge is -2.18. The maximum Gasteiger partial charge on any atom is 0.0328 e. The van der Waals surface area contributed by atoms with Crippen molar-refractivity contribution >= 4 is 24.3 Å². The molecule has 5 aromatic rings. The van der Waals surface area contributed by atoms with Crippen LogP contribution < -0.4 is 0 Å². The molecule has 0 heterocycles. The molecule has 0 bridgehead atoms. The summed E-state index contributed by atoms with van der Waals surface area (Å²) in [6.45, 7) is 13.4. The topological polar surface area (TPSA) is 0 Å². The van der Waals surface area contributed by atoms with Crippen LogP contribution in [0.2, 0.25) is 0 Å². The Kier molecular flexibility index (Phi) is 9.91. The molecule has 0 aromatic heterocycles. The Balaban J connectivity index is 1.61. The fraction of sp³-hybridized carbons (Fsp3) is 0.174. The third kappa shape index (κ3) is 8.88. The summed E-state index contributed by atoms with van der Waals surface area (Å²) in [7, 11) is 0. The lowest BCUT2D eigenvalue weighted by molar-refractivity contribution is 0.590. The highest BCUT2D eigenvalue weighted by Gasteiger charge is 2.13. The van der Waals surface area contributed by atoms with Crippen molar-refractivity contribution in [2.45, 2.75) is 52.4 Å². The number of benzene rings is 5. The van der Waals surface area contributed by atoms with Crippen LogP contribution in [0.5, 0.6) is 0 Å². The zero-order valence-electron chi connectivity index (χ0n) is 27.9. The highest BCUT2D eigenvalue weighted by molar-refractivity contribution is 5.79. The molecule has 0 spiro atoms. The molecule has 0 radical (unpaired) electrons. The first-order valence-corrected chi connectivity index (χ1v) is 15.9. The molecule has 0 amide bonds. The van der Waals surface area contributed by atoms with E-state index in [9.17, 15) is 0 Å². The molecule has 0 N–H and O–H groups in total. The van der Waals surface area contributed by atoms with Crippen LogP contribution in [0, 0.1) is 23.7 Å². The first kappa shape index (κ1) is 32.1. The number of rotatable bonds is 4. The molecule has 0 heteroatoms. The van der Waals surface area contributed by atoms with Crippen molar-refractivity contribution in [3.63, 3.8) is 0 Å². The second kappa shape index (κ2) is 14.2. The van der Waals surface area contributed by atoms with Gasteiger partial charge in [0.05, 0.1) is 0 Å². The van der Waals surface area contributed by atoms with Crippen LogP contribution in [0.15, 0.2) is 121 Å². The molecule has 0 atom stereocenters. The lowest BCUT2D eigenvalue weighted by atomic mass is 9.87. The molecule has 46 heavy (non-hydrogen) atoms. The predicted octanol–water partition coefficient (Wildman–Crippen LogP) is 11.4. The molecule has 0 saturated carbocycles. The van der Waals surface area contributed by atoms with Crippen LogP contribution in [-0.4, -0.2) is 0 Å². The van der Waals surface area contributed by atoms with Gasteiger partial charge < -0.3 is 0 Å². The number of hydrogen-bond donors (Lipinski definition) is 0. The average molecular weight is 595 g/mol. The summed E-state index contributed by atoms with van der Waals surface area (Å²) in [6, 6.07) is 42.3. The smallest absolute Gasteiger partial charge is 0.0328 e. The SMILES string of the molecule is CC(C)(C)c1ccc(C#Cc2cc(/C=C/c3ccccc3)c(C#Cc3ccc(C(C)(C)C)cc3)cc2/C=C/c2ccccc2)cc1. The summed E-state index contributed by atoms with van der Waals surface area (Å²) in [5, 5.41) is 0. The van der Waals surface area contributed by atoms with Crippen molar-refractivity contribution in [2.75, 3.05) is 0 Å². The van der Waals surface area contributed by atoms with Crippen LogP contribution in [0.4, 0.5) is 0 Å². The molecule has 5 aromatic carbocycles. The highest BCUT2D eigenvalue weighted by atomic mass is 14.2. The van der Waals surface area contributed by atoms with Crippen molar-refractivity contribution in [3.05, 3.63) is 177 Å². The number of hydrogen-bond acceptors (Lipinski definition) is 0. The van der Waals surface area contributed by atoms with E-state index in [0.29, 0.717) is 0 Å². The quantitative estimate of drug-likeness (QED) is 0.143. The molecule has 0 unspecified atom stereocenters. The Morgan fingerprint density at radius 1 is 0.391 bits per heavy atom. The largest absolute Gasteiger partial charge is 0.0622 e. The van der Waals surface area contributed by atoms with Gasteiger partial charge in [-0.05, 0) is 80.6 Å². The molecule has 0 fully saturated rings. The summed E-state index contributed by atoms with van der Waals surface area (Å²) in [6.07, 6.45) is 8.58. The minimum absolute atomic E-state index is 0.104. The first-order valence-electron chi connectivity index (χ1n) is 15.9. The van der Waals surface area contributed by atoms with Gasteiger partial charge in [0, 0.05) is 22.3 Å². The summed E-state index contributed by atoms with van der Waals surface area (Å²) in [5.41, 5.74) is 11.1. The molecule has 0 aliphatic carbocycles. The molecule has 0 aliphatic rings. The van der Waals surface area contributed by atoms with Gasteiger partial charge in [-0.25, -0.2) is 0 Å². The fourth-order valence-corrected chi connectivity index (χ4v) is 5.01. The minimum Gasteiger partial charge on any atom is -0.0622 e. The van der Waals surface area contributed by atoms with Gasteiger partial charge in [-0.15, -0.1) is 0 Å². The Morgan fingerprint density at radius 2 is 0.739 bits per heavy atom. The van der Waals surface area contributed by atoms with Gasteiger partial charge in [-0.2, -0.15) is 0 Å². The summed E-state index contributed by atoms with van der Waals surface area (Å²) >= 11 is 0. The van der Waals surface area contributed by atoms with E-state index in [0.717, 1.165) is 44.5 Å². The minimum atomic E-state index is 0.104. The van der Waals surface area contributed by atoms with Gasteiger partial charge in [-0.1, -0.05) is 174 Å². The summed E-state index contributed by atoms with van der Waals surface area (Å²) in [4.78, 5) is 0. The Hall–Kier alpha value is -5.30. The van der Waals surface area contributed by atoms with E-state index in [1.807, 2.05) is 12.1 Å². The molecule has 0 nitrogen and oxygen atoms in total. The first-order chi connectivity index (χ1) is 22.0. The van der Waals surface area contributed by atoms with Crippen LogP contribution >= 0.6 is 0 Å². The zero-order chi connectivity index (χ0) is 32.6. The van der Waals surface area contributed by atoms with E-state index < -0.39 is 0 Å². The van der Waals surface area contributed by atoms with Gasteiger partial charge in [0.2, 0.25) is 0 Å². The predicted molar refractivity (Wildman–Crippen MR) is 199 cm³/mol. The van der Waals surface area contributed by atoms with Gasteiger partial charge in [-0.3, -0.25) is 0 Å². The Labute approximate surface area is 276 Å². The monoisotopic (exact) mass is 594 g/mol. The third-order valence-corrected chi connectivity index (χ3v) is 7.92. The normalized spacial score (nSPS) is 11.6. The molecule has 0 aliphatic heterocycles. The van der Waals surface area contributed by atoms with E-state index in [-0.39, 0.29) is 10.8 Å². The van der Waals surface area contributed by atoms with E-state index in [1.165, 1.54) is 11.1 Å². The third-order valence-electron chi connectivity index (χ3n) is 7.92. The van der Waals surface area contributed by atoms with Crippen molar-refractivity contribution < 1.29 is 0 Å². The van der Waals surface area contributed by atoms with Gasteiger partial charge >= 0.3 is 0 Å². The van der Waals surface area contributed by atoms with Crippen molar-refractivity contribution in [2.24, 2.45) is 0 Å². The van der Waals surface area contributed by atoms with Gasteiger partial charge in [0.25, 0.3) is 0 Å². The van der Waals surface area contributed by atoms with Gasteiger partial charge in [0.15, 0.2) is 0 Å². The van der Waals surface area contributed by atoms with Crippen LogP contribution in [0.1, 0.15) is 97.2 Å². The zero-order valence-corrected chi connectivity index (χ0v) is 27.9.